The second-order valence-electron chi connectivity index (χ2n) is 6.18. The van der Waals surface area contributed by atoms with E-state index in [2.05, 4.69) is 24.1 Å². The molecule has 0 spiro atoms. The number of carbonyl (C=O) groups excluding carboxylic acids is 1. The number of amides is 1. The predicted octanol–water partition coefficient (Wildman–Crippen LogP) is 1.32. The molecule has 0 aliphatic carbocycles. The summed E-state index contributed by atoms with van der Waals surface area (Å²) in [5.74, 6) is 1.10. The van der Waals surface area contributed by atoms with E-state index in [4.69, 9.17) is 0 Å². The molecule has 0 aromatic heterocycles. The number of likely N-dealkylation sites (N-methyl/N-ethyl adjacent to an activating group) is 1. The molecule has 2 heterocycles. The van der Waals surface area contributed by atoms with Crippen LogP contribution in [0.1, 0.15) is 39.5 Å². The van der Waals surface area contributed by atoms with Gasteiger partial charge in [0.25, 0.3) is 0 Å². The highest BCUT2D eigenvalue weighted by atomic mass is 16.2. The van der Waals surface area contributed by atoms with E-state index in [1.807, 2.05) is 11.9 Å². The summed E-state index contributed by atoms with van der Waals surface area (Å²) in [7, 11) is 1.92. The number of carbonyl (C=O) groups is 1. The molecule has 110 valence electrons. The minimum atomic E-state index is 0.171. The van der Waals surface area contributed by atoms with Gasteiger partial charge in [0.1, 0.15) is 0 Å². The van der Waals surface area contributed by atoms with Gasteiger partial charge in [0.15, 0.2) is 0 Å². The van der Waals surface area contributed by atoms with Crippen molar-refractivity contribution in [1.29, 1.82) is 0 Å². The Morgan fingerprint density at radius 1 is 1.26 bits per heavy atom. The van der Waals surface area contributed by atoms with Crippen LogP contribution in [0.15, 0.2) is 0 Å². The van der Waals surface area contributed by atoms with Gasteiger partial charge in [-0.25, -0.2) is 0 Å². The molecule has 0 aromatic rings. The second-order valence-corrected chi connectivity index (χ2v) is 6.18. The Morgan fingerprint density at radius 3 is 2.47 bits per heavy atom. The van der Waals surface area contributed by atoms with Crippen molar-refractivity contribution < 1.29 is 4.79 Å². The first-order chi connectivity index (χ1) is 9.13. The maximum atomic E-state index is 12.0. The normalized spacial score (nSPS) is 28.1. The molecule has 0 bridgehead atoms. The zero-order chi connectivity index (χ0) is 13.8. The van der Waals surface area contributed by atoms with Crippen LogP contribution < -0.4 is 5.32 Å². The third kappa shape index (κ3) is 3.48. The lowest BCUT2D eigenvalue weighted by Crippen LogP contribution is -2.48. The molecule has 19 heavy (non-hydrogen) atoms. The summed E-state index contributed by atoms with van der Waals surface area (Å²) < 4.78 is 0. The van der Waals surface area contributed by atoms with Crippen molar-refractivity contribution in [2.24, 2.45) is 5.92 Å². The molecule has 2 aliphatic heterocycles. The highest BCUT2D eigenvalue weighted by Gasteiger charge is 2.36. The average Bonchev–Trinajstić information content (AvgIpc) is 2.76. The van der Waals surface area contributed by atoms with Crippen molar-refractivity contribution in [1.82, 2.24) is 15.1 Å². The minimum absolute atomic E-state index is 0.171. The summed E-state index contributed by atoms with van der Waals surface area (Å²) in [4.78, 5) is 16.3. The monoisotopic (exact) mass is 267 g/mol. The van der Waals surface area contributed by atoms with Crippen LogP contribution >= 0.6 is 0 Å². The Kier molecular flexibility index (Phi) is 5.22. The molecule has 2 aliphatic rings. The highest BCUT2D eigenvalue weighted by molar-refractivity contribution is 5.83. The van der Waals surface area contributed by atoms with Crippen LogP contribution in [0.3, 0.4) is 0 Å². The highest BCUT2D eigenvalue weighted by Crippen LogP contribution is 2.25. The molecule has 2 rings (SSSR count). The lowest BCUT2D eigenvalue weighted by Gasteiger charge is -2.37. The van der Waals surface area contributed by atoms with Crippen molar-refractivity contribution in [2.45, 2.75) is 51.6 Å². The van der Waals surface area contributed by atoms with Crippen molar-refractivity contribution >= 4 is 5.91 Å². The fourth-order valence-electron chi connectivity index (χ4n) is 3.41. The van der Waals surface area contributed by atoms with Crippen LogP contribution in [-0.4, -0.2) is 61.0 Å². The molecule has 0 radical (unpaired) electrons. The molecule has 2 atom stereocenters. The van der Waals surface area contributed by atoms with Crippen molar-refractivity contribution in [3.63, 3.8) is 0 Å². The SMILES string of the molecule is CCCNC(C)C1CCN(C2CCN(C)C2=O)CC1. The van der Waals surface area contributed by atoms with Gasteiger partial charge in [0.05, 0.1) is 6.04 Å². The third-order valence-corrected chi connectivity index (χ3v) is 4.84. The fraction of sp³-hybridized carbons (Fsp3) is 0.933. The van der Waals surface area contributed by atoms with Crippen molar-refractivity contribution in [2.75, 3.05) is 33.2 Å². The first-order valence-corrected chi connectivity index (χ1v) is 7.86. The van der Waals surface area contributed by atoms with Crippen LogP contribution in [0, 0.1) is 5.92 Å². The quantitative estimate of drug-likeness (QED) is 0.816. The first-order valence-electron chi connectivity index (χ1n) is 7.86. The molecule has 2 fully saturated rings. The number of nitrogens with one attached hydrogen (secondary N) is 1. The Balaban J connectivity index is 1.78. The Hall–Kier alpha value is -0.610. The molecule has 2 saturated heterocycles. The van der Waals surface area contributed by atoms with Crippen LogP contribution in [-0.2, 0) is 4.79 Å². The number of likely N-dealkylation sites (tertiary alicyclic amines) is 2. The summed E-state index contributed by atoms with van der Waals surface area (Å²) in [5.41, 5.74) is 0. The molecule has 0 aromatic carbocycles. The zero-order valence-electron chi connectivity index (χ0n) is 12.7. The molecule has 1 N–H and O–H groups in total. The topological polar surface area (TPSA) is 35.6 Å². The van der Waals surface area contributed by atoms with E-state index in [0.717, 1.165) is 38.5 Å². The maximum Gasteiger partial charge on any atom is 0.239 e. The van der Waals surface area contributed by atoms with Gasteiger partial charge in [-0.2, -0.15) is 0 Å². The fourth-order valence-corrected chi connectivity index (χ4v) is 3.41. The summed E-state index contributed by atoms with van der Waals surface area (Å²) >= 11 is 0. The lowest BCUT2D eigenvalue weighted by atomic mass is 9.89. The Morgan fingerprint density at radius 2 is 1.95 bits per heavy atom. The number of piperidine rings is 1. The van der Waals surface area contributed by atoms with Gasteiger partial charge in [-0.05, 0) is 58.2 Å². The van der Waals surface area contributed by atoms with Crippen LogP contribution in [0.2, 0.25) is 0 Å². The van der Waals surface area contributed by atoms with Crippen LogP contribution in [0.5, 0.6) is 0 Å². The Bertz CT molecular complexity index is 300. The molecular formula is C15H29N3O. The minimum Gasteiger partial charge on any atom is -0.344 e. The molecule has 2 unspecified atom stereocenters. The van der Waals surface area contributed by atoms with E-state index in [-0.39, 0.29) is 6.04 Å². The average molecular weight is 267 g/mol. The van der Waals surface area contributed by atoms with E-state index in [1.165, 1.54) is 19.3 Å². The maximum absolute atomic E-state index is 12.0. The van der Waals surface area contributed by atoms with Gasteiger partial charge in [0, 0.05) is 19.6 Å². The molecule has 1 amide bonds. The summed E-state index contributed by atoms with van der Waals surface area (Å²) in [5, 5.41) is 3.61. The summed E-state index contributed by atoms with van der Waals surface area (Å²) in [6, 6.07) is 0.786. The molecule has 4 nitrogen and oxygen atoms in total. The molecular weight excluding hydrogens is 238 g/mol. The van der Waals surface area contributed by atoms with E-state index in [1.54, 1.807) is 0 Å². The molecule has 4 heteroatoms. The largest absolute Gasteiger partial charge is 0.344 e. The number of rotatable bonds is 5. The number of hydrogen-bond donors (Lipinski definition) is 1. The number of nitrogens with zero attached hydrogens (tertiary/aromatic N) is 2. The van der Waals surface area contributed by atoms with Gasteiger partial charge in [-0.3, -0.25) is 9.69 Å². The smallest absolute Gasteiger partial charge is 0.239 e. The predicted molar refractivity (Wildman–Crippen MR) is 78.1 cm³/mol. The van der Waals surface area contributed by atoms with Gasteiger partial charge in [-0.15, -0.1) is 0 Å². The van der Waals surface area contributed by atoms with Crippen LogP contribution in [0.25, 0.3) is 0 Å². The number of hydrogen-bond acceptors (Lipinski definition) is 3. The van der Waals surface area contributed by atoms with Crippen molar-refractivity contribution in [3.05, 3.63) is 0 Å². The van der Waals surface area contributed by atoms with Gasteiger partial charge < -0.3 is 10.2 Å². The zero-order valence-corrected chi connectivity index (χ0v) is 12.7. The van der Waals surface area contributed by atoms with Gasteiger partial charge in [0.2, 0.25) is 5.91 Å². The van der Waals surface area contributed by atoms with Crippen molar-refractivity contribution in [3.8, 4) is 0 Å². The summed E-state index contributed by atoms with van der Waals surface area (Å²) in [6.07, 6.45) is 4.67. The van der Waals surface area contributed by atoms with Crippen LogP contribution in [0.4, 0.5) is 0 Å². The van der Waals surface area contributed by atoms with E-state index < -0.39 is 0 Å². The molecule has 0 saturated carbocycles. The van der Waals surface area contributed by atoms with Gasteiger partial charge >= 0.3 is 0 Å². The Labute approximate surface area is 117 Å². The third-order valence-electron chi connectivity index (χ3n) is 4.84. The summed E-state index contributed by atoms with van der Waals surface area (Å²) in [6.45, 7) is 8.75. The first kappa shape index (κ1) is 14.8. The van der Waals surface area contributed by atoms with E-state index in [0.29, 0.717) is 11.9 Å². The lowest BCUT2D eigenvalue weighted by molar-refractivity contribution is -0.131. The second kappa shape index (κ2) is 6.71. The standard InChI is InChI=1S/C15H29N3O/c1-4-8-16-12(2)13-5-10-18(11-6-13)14-7-9-17(3)15(14)19/h12-14,16H,4-11H2,1-3H3. The van der Waals surface area contributed by atoms with E-state index >= 15 is 0 Å². The van der Waals surface area contributed by atoms with E-state index in [9.17, 15) is 4.79 Å². The van der Waals surface area contributed by atoms with Gasteiger partial charge in [-0.1, -0.05) is 6.92 Å².